The Morgan fingerprint density at radius 2 is 2.00 bits per heavy atom. The largest absolute Gasteiger partial charge is 0.497 e. The molecule has 5 heteroatoms. The average Bonchev–Trinajstić information content (AvgIpc) is 3.04. The highest BCUT2D eigenvalue weighted by Crippen LogP contribution is 2.21. The van der Waals surface area contributed by atoms with Gasteiger partial charge in [0.25, 0.3) is 0 Å². The molecule has 0 amide bonds. The molecule has 0 N–H and O–H groups in total. The van der Waals surface area contributed by atoms with Crippen molar-refractivity contribution in [2.45, 2.75) is 0 Å². The fourth-order valence-electron chi connectivity index (χ4n) is 2.07. The summed E-state index contributed by atoms with van der Waals surface area (Å²) in [6.07, 6.45) is 2.40. The molecule has 21 heavy (non-hydrogen) atoms. The summed E-state index contributed by atoms with van der Waals surface area (Å²) in [5.41, 5.74) is 2.13. The van der Waals surface area contributed by atoms with E-state index < -0.39 is 0 Å². The van der Waals surface area contributed by atoms with Crippen molar-refractivity contribution < 1.29 is 9.53 Å². The molecule has 0 spiro atoms. The summed E-state index contributed by atoms with van der Waals surface area (Å²) in [5, 5.41) is 4.43. The first-order valence-corrected chi connectivity index (χ1v) is 6.42. The predicted molar refractivity (Wildman–Crippen MR) is 78.7 cm³/mol. The normalized spacial score (nSPS) is 10.3. The standard InChI is InChI=1S/C16H13N3O2/c1-21-14-7-4-6-12(9-14)16-17-11-19(18-16)15-8-3-2-5-13(15)10-20/h2-11H,1H3. The minimum atomic E-state index is 0.569. The topological polar surface area (TPSA) is 57.0 Å². The number of hydrogen-bond donors (Lipinski definition) is 0. The van der Waals surface area contributed by atoms with Crippen LogP contribution in [-0.4, -0.2) is 28.2 Å². The van der Waals surface area contributed by atoms with E-state index in [0.29, 0.717) is 17.1 Å². The summed E-state index contributed by atoms with van der Waals surface area (Å²) < 4.78 is 6.79. The number of benzene rings is 2. The number of nitrogens with zero attached hydrogens (tertiary/aromatic N) is 3. The number of rotatable bonds is 4. The Hall–Kier alpha value is -2.95. The molecule has 3 rings (SSSR count). The lowest BCUT2D eigenvalue weighted by Crippen LogP contribution is -1.99. The zero-order chi connectivity index (χ0) is 14.7. The molecule has 0 radical (unpaired) electrons. The van der Waals surface area contributed by atoms with Gasteiger partial charge in [-0.05, 0) is 24.3 Å². The van der Waals surface area contributed by atoms with E-state index in [1.54, 1.807) is 24.2 Å². The van der Waals surface area contributed by atoms with E-state index in [9.17, 15) is 4.79 Å². The van der Waals surface area contributed by atoms with Crippen LogP contribution in [-0.2, 0) is 0 Å². The Morgan fingerprint density at radius 1 is 1.14 bits per heavy atom. The van der Waals surface area contributed by atoms with Gasteiger partial charge in [0.15, 0.2) is 12.1 Å². The first kappa shape index (κ1) is 13.1. The Kier molecular flexibility index (Phi) is 3.47. The molecule has 0 aliphatic heterocycles. The fraction of sp³-hybridized carbons (Fsp3) is 0.0625. The van der Waals surface area contributed by atoms with Crippen molar-refractivity contribution in [1.29, 1.82) is 0 Å². The zero-order valence-electron chi connectivity index (χ0n) is 11.4. The molecule has 0 atom stereocenters. The number of ether oxygens (including phenoxy) is 1. The van der Waals surface area contributed by atoms with Crippen LogP contribution in [0, 0.1) is 0 Å². The lowest BCUT2D eigenvalue weighted by Gasteiger charge is -2.03. The van der Waals surface area contributed by atoms with E-state index in [0.717, 1.165) is 17.6 Å². The first-order valence-electron chi connectivity index (χ1n) is 6.42. The summed E-state index contributed by atoms with van der Waals surface area (Å²) in [4.78, 5) is 15.4. The molecule has 1 heterocycles. The summed E-state index contributed by atoms with van der Waals surface area (Å²) in [6.45, 7) is 0. The monoisotopic (exact) mass is 279 g/mol. The third kappa shape index (κ3) is 2.53. The minimum absolute atomic E-state index is 0.569. The van der Waals surface area contributed by atoms with Crippen molar-refractivity contribution in [1.82, 2.24) is 14.8 Å². The van der Waals surface area contributed by atoms with Crippen LogP contribution in [0.5, 0.6) is 5.75 Å². The van der Waals surface area contributed by atoms with Gasteiger partial charge in [-0.3, -0.25) is 4.79 Å². The average molecular weight is 279 g/mol. The van der Waals surface area contributed by atoms with E-state index in [4.69, 9.17) is 4.74 Å². The van der Waals surface area contributed by atoms with Gasteiger partial charge >= 0.3 is 0 Å². The first-order chi connectivity index (χ1) is 10.3. The molecule has 0 saturated carbocycles. The maximum atomic E-state index is 11.1. The second kappa shape index (κ2) is 5.58. The van der Waals surface area contributed by atoms with Crippen LogP contribution in [0.4, 0.5) is 0 Å². The van der Waals surface area contributed by atoms with Gasteiger partial charge in [-0.25, -0.2) is 9.67 Å². The summed E-state index contributed by atoms with van der Waals surface area (Å²) in [7, 11) is 1.62. The highest BCUT2D eigenvalue weighted by Gasteiger charge is 2.09. The van der Waals surface area contributed by atoms with Crippen LogP contribution in [0.2, 0.25) is 0 Å². The van der Waals surface area contributed by atoms with Crippen molar-refractivity contribution in [2.24, 2.45) is 0 Å². The van der Waals surface area contributed by atoms with Crippen molar-refractivity contribution in [3.05, 3.63) is 60.4 Å². The summed E-state index contributed by atoms with van der Waals surface area (Å²) in [6, 6.07) is 14.8. The maximum Gasteiger partial charge on any atom is 0.181 e. The van der Waals surface area contributed by atoms with Crippen molar-refractivity contribution in [3.8, 4) is 22.8 Å². The lowest BCUT2D eigenvalue weighted by atomic mass is 10.2. The third-order valence-electron chi connectivity index (χ3n) is 3.13. The van der Waals surface area contributed by atoms with Gasteiger partial charge in [0.2, 0.25) is 0 Å². The van der Waals surface area contributed by atoms with Crippen LogP contribution < -0.4 is 4.74 Å². The third-order valence-corrected chi connectivity index (χ3v) is 3.13. The van der Waals surface area contributed by atoms with Crippen LogP contribution in [0.15, 0.2) is 54.9 Å². The van der Waals surface area contributed by atoms with Crippen LogP contribution in [0.3, 0.4) is 0 Å². The van der Waals surface area contributed by atoms with Gasteiger partial charge in [0, 0.05) is 11.1 Å². The Balaban J connectivity index is 2.01. The van der Waals surface area contributed by atoms with Gasteiger partial charge < -0.3 is 4.74 Å². The Morgan fingerprint density at radius 3 is 2.81 bits per heavy atom. The maximum absolute atomic E-state index is 11.1. The number of aldehydes is 1. The Labute approximate surface area is 121 Å². The number of methoxy groups -OCH3 is 1. The molecule has 0 unspecified atom stereocenters. The molecular formula is C16H13N3O2. The van der Waals surface area contributed by atoms with Gasteiger partial charge in [-0.2, -0.15) is 0 Å². The van der Waals surface area contributed by atoms with Gasteiger partial charge in [-0.1, -0.05) is 24.3 Å². The predicted octanol–water partition coefficient (Wildman–Crippen LogP) is 2.76. The molecule has 5 nitrogen and oxygen atoms in total. The second-order valence-corrected chi connectivity index (χ2v) is 4.42. The molecule has 0 fully saturated rings. The molecule has 2 aromatic carbocycles. The SMILES string of the molecule is COc1cccc(-c2ncn(-c3ccccc3C=O)n2)c1. The van der Waals surface area contributed by atoms with Crippen LogP contribution >= 0.6 is 0 Å². The van der Waals surface area contributed by atoms with E-state index in [1.807, 2.05) is 42.5 Å². The van der Waals surface area contributed by atoms with Gasteiger partial charge in [-0.15, -0.1) is 5.10 Å². The minimum Gasteiger partial charge on any atom is -0.497 e. The number of aromatic nitrogens is 3. The molecule has 104 valence electrons. The summed E-state index contributed by atoms with van der Waals surface area (Å²) >= 11 is 0. The highest BCUT2D eigenvalue weighted by molar-refractivity contribution is 5.80. The smallest absolute Gasteiger partial charge is 0.181 e. The van der Waals surface area contributed by atoms with Crippen molar-refractivity contribution >= 4 is 6.29 Å². The van der Waals surface area contributed by atoms with E-state index in [-0.39, 0.29) is 0 Å². The fourth-order valence-corrected chi connectivity index (χ4v) is 2.07. The molecule has 1 aromatic heterocycles. The molecular weight excluding hydrogens is 266 g/mol. The van der Waals surface area contributed by atoms with Crippen LogP contribution in [0.1, 0.15) is 10.4 Å². The van der Waals surface area contributed by atoms with E-state index in [1.165, 1.54) is 0 Å². The zero-order valence-corrected chi connectivity index (χ0v) is 11.4. The van der Waals surface area contributed by atoms with Gasteiger partial charge in [0.05, 0.1) is 12.8 Å². The summed E-state index contributed by atoms with van der Waals surface area (Å²) in [5.74, 6) is 1.33. The molecule has 0 bridgehead atoms. The lowest BCUT2D eigenvalue weighted by molar-refractivity contribution is 0.112. The quantitative estimate of drug-likeness (QED) is 0.689. The van der Waals surface area contributed by atoms with Gasteiger partial charge in [0.1, 0.15) is 12.1 Å². The van der Waals surface area contributed by atoms with E-state index >= 15 is 0 Å². The van der Waals surface area contributed by atoms with Crippen LogP contribution in [0.25, 0.3) is 17.1 Å². The number of para-hydroxylation sites is 1. The second-order valence-electron chi connectivity index (χ2n) is 4.42. The number of carbonyl (C=O) groups excluding carboxylic acids is 1. The molecule has 0 aliphatic rings. The molecule has 0 aliphatic carbocycles. The number of carbonyl (C=O) groups is 1. The molecule has 3 aromatic rings. The van der Waals surface area contributed by atoms with Crippen molar-refractivity contribution in [2.75, 3.05) is 7.11 Å². The molecule has 0 saturated heterocycles. The van der Waals surface area contributed by atoms with E-state index in [2.05, 4.69) is 10.1 Å². The number of hydrogen-bond acceptors (Lipinski definition) is 4. The highest BCUT2D eigenvalue weighted by atomic mass is 16.5. The van der Waals surface area contributed by atoms with Crippen molar-refractivity contribution in [3.63, 3.8) is 0 Å². The Bertz CT molecular complexity index is 780.